The van der Waals surface area contributed by atoms with E-state index in [0.29, 0.717) is 11.8 Å². The van der Waals surface area contributed by atoms with Crippen molar-refractivity contribution in [3.63, 3.8) is 0 Å². The number of piperidine rings is 1. The molecular formula is C13H21N3O. The fraction of sp³-hybridized carbons (Fsp3) is 0.846. The van der Waals surface area contributed by atoms with Crippen LogP contribution in [0.25, 0.3) is 0 Å². The lowest BCUT2D eigenvalue weighted by molar-refractivity contribution is -0.134. The molecule has 2 fully saturated rings. The minimum atomic E-state index is 0.0341. The number of nitrogens with zero attached hydrogens (tertiary/aromatic N) is 2. The first kappa shape index (κ1) is 12.4. The van der Waals surface area contributed by atoms with Crippen LogP contribution >= 0.6 is 0 Å². The van der Waals surface area contributed by atoms with Crippen LogP contribution in [-0.4, -0.2) is 37.0 Å². The predicted octanol–water partition coefficient (Wildman–Crippen LogP) is 1.14. The Labute approximate surface area is 103 Å². The Morgan fingerprint density at radius 1 is 1.59 bits per heavy atom. The molecule has 0 aromatic carbocycles. The number of carbonyl (C=O) groups excluding carboxylic acids is 1. The number of nitriles is 1. The van der Waals surface area contributed by atoms with E-state index in [-0.39, 0.29) is 17.9 Å². The highest BCUT2D eigenvalue weighted by atomic mass is 16.2. The van der Waals surface area contributed by atoms with E-state index in [1.54, 1.807) is 4.90 Å². The summed E-state index contributed by atoms with van der Waals surface area (Å²) in [6.07, 6.45) is 3.73. The lowest BCUT2D eigenvalue weighted by atomic mass is 9.91. The second-order valence-electron chi connectivity index (χ2n) is 5.53. The first-order chi connectivity index (χ1) is 8.10. The van der Waals surface area contributed by atoms with E-state index in [4.69, 9.17) is 5.26 Å². The Morgan fingerprint density at radius 3 is 2.82 bits per heavy atom. The van der Waals surface area contributed by atoms with Crippen molar-refractivity contribution in [2.75, 3.05) is 20.1 Å². The van der Waals surface area contributed by atoms with Gasteiger partial charge in [0.2, 0.25) is 5.91 Å². The molecule has 1 saturated heterocycles. The van der Waals surface area contributed by atoms with E-state index in [2.05, 4.69) is 11.4 Å². The smallest absolute Gasteiger partial charge is 0.226 e. The number of hydrogen-bond acceptors (Lipinski definition) is 3. The zero-order chi connectivity index (χ0) is 12.5. The third kappa shape index (κ3) is 2.30. The van der Waals surface area contributed by atoms with Gasteiger partial charge in [0, 0.05) is 19.0 Å². The number of carbonyl (C=O) groups is 1. The Balaban J connectivity index is 1.92. The third-order valence-corrected chi connectivity index (χ3v) is 4.48. The molecule has 1 spiro atoms. The van der Waals surface area contributed by atoms with E-state index in [0.717, 1.165) is 32.4 Å². The molecule has 1 heterocycles. The summed E-state index contributed by atoms with van der Waals surface area (Å²) >= 11 is 0. The van der Waals surface area contributed by atoms with Gasteiger partial charge in [0.05, 0.1) is 12.5 Å². The quantitative estimate of drug-likeness (QED) is 0.798. The molecule has 2 rings (SSSR count). The Morgan fingerprint density at radius 2 is 2.24 bits per heavy atom. The van der Waals surface area contributed by atoms with Crippen LogP contribution in [0.1, 0.15) is 32.6 Å². The van der Waals surface area contributed by atoms with Crippen molar-refractivity contribution < 1.29 is 4.79 Å². The minimum absolute atomic E-state index is 0.0341. The fourth-order valence-electron chi connectivity index (χ4n) is 2.91. The zero-order valence-corrected chi connectivity index (χ0v) is 10.7. The number of hydrogen-bond donors (Lipinski definition) is 1. The van der Waals surface area contributed by atoms with Gasteiger partial charge < -0.3 is 10.2 Å². The number of rotatable bonds is 3. The molecule has 0 aromatic heterocycles. The van der Waals surface area contributed by atoms with Gasteiger partial charge in [-0.3, -0.25) is 4.79 Å². The van der Waals surface area contributed by atoms with Crippen molar-refractivity contribution in [3.05, 3.63) is 0 Å². The monoisotopic (exact) mass is 235 g/mol. The summed E-state index contributed by atoms with van der Waals surface area (Å²) in [6, 6.07) is 2.16. The van der Waals surface area contributed by atoms with E-state index >= 15 is 0 Å². The molecule has 1 amide bonds. The molecule has 1 aliphatic carbocycles. The summed E-state index contributed by atoms with van der Waals surface area (Å²) in [5, 5.41) is 12.0. The van der Waals surface area contributed by atoms with Crippen LogP contribution in [0, 0.1) is 22.7 Å². The lowest BCUT2D eigenvalue weighted by Crippen LogP contribution is -2.38. The maximum atomic E-state index is 12.3. The maximum Gasteiger partial charge on any atom is 0.226 e. The van der Waals surface area contributed by atoms with Gasteiger partial charge in [-0.2, -0.15) is 5.26 Å². The zero-order valence-electron chi connectivity index (χ0n) is 10.7. The van der Waals surface area contributed by atoms with Gasteiger partial charge in [0.25, 0.3) is 0 Å². The van der Waals surface area contributed by atoms with Crippen LogP contribution in [0.3, 0.4) is 0 Å². The molecule has 0 bridgehead atoms. The van der Waals surface area contributed by atoms with E-state index in [1.807, 2.05) is 14.0 Å². The van der Waals surface area contributed by atoms with Crippen LogP contribution in [0.2, 0.25) is 0 Å². The van der Waals surface area contributed by atoms with E-state index < -0.39 is 0 Å². The summed E-state index contributed by atoms with van der Waals surface area (Å²) in [5.74, 6) is 0.463. The molecule has 4 nitrogen and oxygen atoms in total. The van der Waals surface area contributed by atoms with Crippen LogP contribution in [0.4, 0.5) is 0 Å². The van der Waals surface area contributed by atoms with Crippen molar-refractivity contribution in [1.29, 1.82) is 5.26 Å². The standard InChI is InChI=1S/C13H21N3O/c1-10(3-6-14)16(2)12(17)11-9-13(11)4-7-15-8-5-13/h10-11,15H,3-5,7-9H2,1-2H3. The van der Waals surface area contributed by atoms with Crippen molar-refractivity contribution in [2.24, 2.45) is 11.3 Å². The second-order valence-corrected chi connectivity index (χ2v) is 5.53. The Bertz CT molecular complexity index is 341. The molecular weight excluding hydrogens is 214 g/mol. The molecule has 1 saturated carbocycles. The molecule has 17 heavy (non-hydrogen) atoms. The number of nitrogens with one attached hydrogen (secondary N) is 1. The van der Waals surface area contributed by atoms with Crippen molar-refractivity contribution in [1.82, 2.24) is 10.2 Å². The molecule has 2 atom stereocenters. The third-order valence-electron chi connectivity index (χ3n) is 4.48. The Hall–Kier alpha value is -1.08. The highest BCUT2D eigenvalue weighted by Gasteiger charge is 2.58. The van der Waals surface area contributed by atoms with Gasteiger partial charge in [0.15, 0.2) is 0 Å². The SMILES string of the molecule is CC(CC#N)N(C)C(=O)C1CC12CCNCC2. The molecule has 2 aliphatic rings. The predicted molar refractivity (Wildman–Crippen MR) is 65.1 cm³/mol. The molecule has 1 aliphatic heterocycles. The highest BCUT2D eigenvalue weighted by Crippen LogP contribution is 2.59. The summed E-state index contributed by atoms with van der Waals surface area (Å²) in [5.41, 5.74) is 0.295. The van der Waals surface area contributed by atoms with Gasteiger partial charge >= 0.3 is 0 Å². The van der Waals surface area contributed by atoms with Gasteiger partial charge in [-0.25, -0.2) is 0 Å². The molecule has 0 radical (unpaired) electrons. The van der Waals surface area contributed by atoms with E-state index in [9.17, 15) is 4.79 Å². The maximum absolute atomic E-state index is 12.3. The van der Waals surface area contributed by atoms with Crippen LogP contribution < -0.4 is 5.32 Å². The Kier molecular flexibility index (Phi) is 3.39. The van der Waals surface area contributed by atoms with Crippen molar-refractivity contribution in [3.8, 4) is 6.07 Å². The van der Waals surface area contributed by atoms with Crippen LogP contribution in [0.5, 0.6) is 0 Å². The van der Waals surface area contributed by atoms with Gasteiger partial charge in [-0.1, -0.05) is 0 Å². The molecule has 94 valence electrons. The average molecular weight is 235 g/mol. The molecule has 0 aromatic rings. The van der Waals surface area contributed by atoms with Crippen LogP contribution in [0.15, 0.2) is 0 Å². The van der Waals surface area contributed by atoms with Gasteiger partial charge in [0.1, 0.15) is 0 Å². The lowest BCUT2D eigenvalue weighted by Gasteiger charge is -2.27. The normalized spacial score (nSPS) is 27.2. The van der Waals surface area contributed by atoms with Gasteiger partial charge in [-0.05, 0) is 44.7 Å². The molecule has 4 heteroatoms. The summed E-state index contributed by atoms with van der Waals surface area (Å²) in [7, 11) is 1.83. The number of amides is 1. The average Bonchev–Trinajstić information content (AvgIpc) is 3.02. The van der Waals surface area contributed by atoms with Crippen molar-refractivity contribution in [2.45, 2.75) is 38.6 Å². The van der Waals surface area contributed by atoms with Crippen LogP contribution in [-0.2, 0) is 4.79 Å². The van der Waals surface area contributed by atoms with E-state index in [1.165, 1.54) is 0 Å². The van der Waals surface area contributed by atoms with Gasteiger partial charge in [-0.15, -0.1) is 0 Å². The summed E-state index contributed by atoms with van der Waals surface area (Å²) in [4.78, 5) is 14.1. The molecule has 2 unspecified atom stereocenters. The summed E-state index contributed by atoms with van der Waals surface area (Å²) < 4.78 is 0. The van der Waals surface area contributed by atoms with Crippen molar-refractivity contribution >= 4 is 5.91 Å². The summed E-state index contributed by atoms with van der Waals surface area (Å²) in [6.45, 7) is 4.03. The first-order valence-corrected chi connectivity index (χ1v) is 6.45. The topological polar surface area (TPSA) is 56.1 Å². The molecule has 1 N–H and O–H groups in total. The second kappa shape index (κ2) is 4.66. The first-order valence-electron chi connectivity index (χ1n) is 6.45. The fourth-order valence-corrected chi connectivity index (χ4v) is 2.91. The largest absolute Gasteiger partial charge is 0.342 e. The highest BCUT2D eigenvalue weighted by molar-refractivity contribution is 5.82. The minimum Gasteiger partial charge on any atom is -0.342 e.